The Morgan fingerprint density at radius 1 is 1.29 bits per heavy atom. The van der Waals surface area contributed by atoms with Gasteiger partial charge in [-0.25, -0.2) is 8.78 Å². The summed E-state index contributed by atoms with van der Waals surface area (Å²) in [7, 11) is 0. The highest BCUT2D eigenvalue weighted by Gasteiger charge is 2.09. The normalized spacial score (nSPS) is 12.4. The van der Waals surface area contributed by atoms with Crippen LogP contribution < -0.4 is 0 Å². The minimum Gasteiger partial charge on any atom is -0.481 e. The van der Waals surface area contributed by atoms with Crippen LogP contribution in [0.5, 0.6) is 0 Å². The van der Waals surface area contributed by atoms with Crippen molar-refractivity contribution in [2.75, 3.05) is 0 Å². The van der Waals surface area contributed by atoms with E-state index in [0.29, 0.717) is 6.42 Å². The Kier molecular flexibility index (Phi) is 5.07. The van der Waals surface area contributed by atoms with Gasteiger partial charge in [-0.2, -0.15) is 0 Å². The van der Waals surface area contributed by atoms with Crippen molar-refractivity contribution in [3.8, 4) is 0 Å². The molecular weight excluding hydrogens is 226 g/mol. The summed E-state index contributed by atoms with van der Waals surface area (Å²) in [5.41, 5.74) is 0.749. The summed E-state index contributed by atoms with van der Waals surface area (Å²) >= 11 is 0. The van der Waals surface area contributed by atoms with E-state index in [1.807, 2.05) is 6.92 Å². The molecule has 0 aliphatic carbocycles. The van der Waals surface area contributed by atoms with E-state index in [1.165, 1.54) is 6.07 Å². The first kappa shape index (κ1) is 13.6. The topological polar surface area (TPSA) is 37.3 Å². The Balaban J connectivity index is 2.44. The highest BCUT2D eigenvalue weighted by molar-refractivity contribution is 5.66. The molecule has 1 aromatic carbocycles. The average Bonchev–Trinajstić information content (AvgIpc) is 2.27. The van der Waals surface area contributed by atoms with Crippen LogP contribution in [0.1, 0.15) is 44.1 Å². The van der Waals surface area contributed by atoms with E-state index < -0.39 is 17.6 Å². The fourth-order valence-electron chi connectivity index (χ4n) is 1.71. The SMILES string of the molecule is CC(CCCCC(=O)O)c1ccc(F)c(F)c1. The molecule has 94 valence electrons. The fourth-order valence-corrected chi connectivity index (χ4v) is 1.71. The van der Waals surface area contributed by atoms with Crippen LogP contribution in [0.3, 0.4) is 0 Å². The molecule has 0 aliphatic rings. The van der Waals surface area contributed by atoms with Crippen LogP contribution in [-0.2, 0) is 4.79 Å². The molecule has 0 radical (unpaired) electrons. The Labute approximate surface area is 99.3 Å². The number of carboxylic acids is 1. The lowest BCUT2D eigenvalue weighted by Crippen LogP contribution is -1.98. The van der Waals surface area contributed by atoms with Crippen molar-refractivity contribution in [1.29, 1.82) is 0 Å². The van der Waals surface area contributed by atoms with Crippen molar-refractivity contribution in [3.05, 3.63) is 35.4 Å². The van der Waals surface area contributed by atoms with E-state index in [-0.39, 0.29) is 12.3 Å². The number of aliphatic carboxylic acids is 1. The van der Waals surface area contributed by atoms with Gasteiger partial charge in [-0.05, 0) is 36.5 Å². The van der Waals surface area contributed by atoms with Gasteiger partial charge in [0.15, 0.2) is 11.6 Å². The Bertz CT molecular complexity index is 391. The van der Waals surface area contributed by atoms with Crippen molar-refractivity contribution in [1.82, 2.24) is 0 Å². The summed E-state index contributed by atoms with van der Waals surface area (Å²) in [5.74, 6) is -2.36. The van der Waals surface area contributed by atoms with E-state index in [0.717, 1.165) is 24.5 Å². The molecular formula is C13H16F2O2. The summed E-state index contributed by atoms with van der Waals surface area (Å²) < 4.78 is 25.7. The van der Waals surface area contributed by atoms with E-state index in [2.05, 4.69) is 0 Å². The largest absolute Gasteiger partial charge is 0.481 e. The molecule has 0 heterocycles. The molecule has 0 aliphatic heterocycles. The van der Waals surface area contributed by atoms with Gasteiger partial charge < -0.3 is 5.11 Å². The first-order valence-corrected chi connectivity index (χ1v) is 5.67. The van der Waals surface area contributed by atoms with Gasteiger partial charge in [0.2, 0.25) is 0 Å². The third-order valence-electron chi connectivity index (χ3n) is 2.79. The molecule has 1 aromatic rings. The maximum atomic E-state index is 13.0. The number of hydrogen-bond acceptors (Lipinski definition) is 1. The van der Waals surface area contributed by atoms with E-state index >= 15 is 0 Å². The number of halogens is 2. The van der Waals surface area contributed by atoms with Crippen molar-refractivity contribution >= 4 is 5.97 Å². The Hall–Kier alpha value is -1.45. The second kappa shape index (κ2) is 6.33. The van der Waals surface area contributed by atoms with Crippen LogP contribution >= 0.6 is 0 Å². The fraction of sp³-hybridized carbons (Fsp3) is 0.462. The Morgan fingerprint density at radius 3 is 2.59 bits per heavy atom. The molecule has 0 saturated carbocycles. The van der Waals surface area contributed by atoms with Crippen LogP contribution in [0.4, 0.5) is 8.78 Å². The molecule has 4 heteroatoms. The zero-order valence-electron chi connectivity index (χ0n) is 9.75. The second-order valence-corrected chi connectivity index (χ2v) is 4.21. The monoisotopic (exact) mass is 242 g/mol. The summed E-state index contributed by atoms with van der Waals surface area (Å²) in [6.07, 6.45) is 2.32. The highest BCUT2D eigenvalue weighted by Crippen LogP contribution is 2.23. The molecule has 1 rings (SSSR count). The molecule has 1 unspecified atom stereocenters. The number of carbonyl (C=O) groups is 1. The lowest BCUT2D eigenvalue weighted by Gasteiger charge is -2.11. The zero-order chi connectivity index (χ0) is 12.8. The lowest BCUT2D eigenvalue weighted by molar-refractivity contribution is -0.137. The third-order valence-corrected chi connectivity index (χ3v) is 2.79. The van der Waals surface area contributed by atoms with Gasteiger partial charge in [0.25, 0.3) is 0 Å². The third kappa shape index (κ3) is 4.51. The van der Waals surface area contributed by atoms with E-state index in [4.69, 9.17) is 5.11 Å². The van der Waals surface area contributed by atoms with Crippen LogP contribution in [0, 0.1) is 11.6 Å². The minimum atomic E-state index is -0.841. The van der Waals surface area contributed by atoms with Crippen LogP contribution in [-0.4, -0.2) is 11.1 Å². The first-order chi connectivity index (χ1) is 8.00. The molecule has 0 bridgehead atoms. The van der Waals surface area contributed by atoms with Crippen molar-refractivity contribution in [2.45, 2.75) is 38.5 Å². The van der Waals surface area contributed by atoms with Crippen LogP contribution in [0.25, 0.3) is 0 Å². The summed E-state index contributed by atoms with van der Waals surface area (Å²) in [6.45, 7) is 1.92. The zero-order valence-corrected chi connectivity index (χ0v) is 9.75. The average molecular weight is 242 g/mol. The second-order valence-electron chi connectivity index (χ2n) is 4.21. The molecule has 2 nitrogen and oxygen atoms in total. The molecule has 0 spiro atoms. The van der Waals surface area contributed by atoms with Gasteiger partial charge >= 0.3 is 5.97 Å². The van der Waals surface area contributed by atoms with Crippen molar-refractivity contribution in [2.24, 2.45) is 0 Å². The van der Waals surface area contributed by atoms with Gasteiger partial charge in [-0.3, -0.25) is 4.79 Å². The molecule has 0 saturated heterocycles. The molecule has 1 atom stereocenters. The number of rotatable bonds is 6. The van der Waals surface area contributed by atoms with Crippen LogP contribution in [0.2, 0.25) is 0 Å². The Morgan fingerprint density at radius 2 is 2.00 bits per heavy atom. The molecule has 17 heavy (non-hydrogen) atoms. The van der Waals surface area contributed by atoms with Gasteiger partial charge in [0.1, 0.15) is 0 Å². The molecule has 1 N–H and O–H groups in total. The maximum absolute atomic E-state index is 13.0. The van der Waals surface area contributed by atoms with Gasteiger partial charge in [-0.1, -0.05) is 19.4 Å². The predicted octanol–water partition coefficient (Wildman–Crippen LogP) is 3.71. The van der Waals surface area contributed by atoms with E-state index in [9.17, 15) is 13.6 Å². The van der Waals surface area contributed by atoms with E-state index in [1.54, 1.807) is 6.07 Å². The quantitative estimate of drug-likeness (QED) is 0.772. The first-order valence-electron chi connectivity index (χ1n) is 5.67. The van der Waals surface area contributed by atoms with Gasteiger partial charge in [0, 0.05) is 6.42 Å². The lowest BCUT2D eigenvalue weighted by atomic mass is 9.95. The predicted molar refractivity (Wildman–Crippen MR) is 60.9 cm³/mol. The molecule has 0 amide bonds. The minimum absolute atomic E-state index is 0.110. The maximum Gasteiger partial charge on any atom is 0.303 e. The summed E-state index contributed by atoms with van der Waals surface area (Å²) in [5, 5.41) is 8.47. The number of carboxylic acid groups (broad SMARTS) is 1. The van der Waals surface area contributed by atoms with Crippen molar-refractivity contribution < 1.29 is 18.7 Å². The van der Waals surface area contributed by atoms with Gasteiger partial charge in [-0.15, -0.1) is 0 Å². The number of benzene rings is 1. The van der Waals surface area contributed by atoms with Crippen LogP contribution in [0.15, 0.2) is 18.2 Å². The summed E-state index contributed by atoms with van der Waals surface area (Å²) in [4.78, 5) is 10.3. The number of hydrogen-bond donors (Lipinski definition) is 1. The van der Waals surface area contributed by atoms with Crippen molar-refractivity contribution in [3.63, 3.8) is 0 Å². The standard InChI is InChI=1S/C13H16F2O2/c1-9(4-2-3-5-13(16)17)10-6-7-11(14)12(15)8-10/h6-9H,2-5H2,1H3,(H,16,17). The number of unbranched alkanes of at least 4 members (excludes halogenated alkanes) is 1. The molecule has 0 aromatic heterocycles. The highest BCUT2D eigenvalue weighted by atomic mass is 19.2. The smallest absolute Gasteiger partial charge is 0.303 e. The molecule has 0 fully saturated rings. The summed E-state index contributed by atoms with van der Waals surface area (Å²) in [6, 6.07) is 3.90. The van der Waals surface area contributed by atoms with Gasteiger partial charge in [0.05, 0.1) is 0 Å².